The molecule has 0 bridgehead atoms. The number of Topliss-reactive ketones (excluding diaryl/α,β-unsaturated/α-hetero) is 1. The molecule has 4 heteroatoms. The SMILES string of the molecule is O=C1CCC2CN(C(=O)OCc3ccccc3)CCC12. The molecule has 1 saturated carbocycles. The molecule has 1 aromatic rings. The predicted molar refractivity (Wildman–Crippen MR) is 74.0 cm³/mol. The van der Waals surface area contributed by atoms with E-state index in [1.54, 1.807) is 4.90 Å². The summed E-state index contributed by atoms with van der Waals surface area (Å²) in [5.74, 6) is 0.918. The van der Waals surface area contributed by atoms with Crippen LogP contribution in [0.4, 0.5) is 4.79 Å². The largest absolute Gasteiger partial charge is 0.445 e. The van der Waals surface area contributed by atoms with Crippen LogP contribution in [0.5, 0.6) is 0 Å². The van der Waals surface area contributed by atoms with E-state index in [1.165, 1.54) is 0 Å². The van der Waals surface area contributed by atoms with Crippen molar-refractivity contribution in [2.75, 3.05) is 13.1 Å². The van der Waals surface area contributed by atoms with Crippen LogP contribution in [-0.2, 0) is 16.1 Å². The molecule has 1 aliphatic heterocycles. The molecule has 2 atom stereocenters. The number of piperidine rings is 1. The van der Waals surface area contributed by atoms with Crippen LogP contribution in [0.2, 0.25) is 0 Å². The summed E-state index contributed by atoms with van der Waals surface area (Å²) in [7, 11) is 0. The van der Waals surface area contributed by atoms with Crippen molar-refractivity contribution in [3.05, 3.63) is 35.9 Å². The number of fused-ring (bicyclic) bond motifs is 1. The van der Waals surface area contributed by atoms with Crippen molar-refractivity contribution < 1.29 is 14.3 Å². The molecule has 20 heavy (non-hydrogen) atoms. The minimum absolute atomic E-state index is 0.188. The number of hydrogen-bond donors (Lipinski definition) is 0. The second-order valence-corrected chi connectivity index (χ2v) is 5.65. The monoisotopic (exact) mass is 273 g/mol. The molecule has 1 aromatic carbocycles. The zero-order valence-corrected chi connectivity index (χ0v) is 11.5. The highest BCUT2D eigenvalue weighted by atomic mass is 16.6. The molecule has 106 valence electrons. The second-order valence-electron chi connectivity index (χ2n) is 5.65. The molecule has 0 N–H and O–H groups in total. The zero-order chi connectivity index (χ0) is 13.9. The molecule has 0 spiro atoms. The number of ether oxygens (including phenoxy) is 1. The minimum atomic E-state index is -0.258. The van der Waals surface area contributed by atoms with E-state index in [4.69, 9.17) is 4.74 Å². The number of benzene rings is 1. The molecule has 1 heterocycles. The minimum Gasteiger partial charge on any atom is -0.445 e. The van der Waals surface area contributed by atoms with Crippen molar-refractivity contribution in [2.45, 2.75) is 25.9 Å². The van der Waals surface area contributed by atoms with Crippen LogP contribution < -0.4 is 0 Å². The molecule has 2 unspecified atom stereocenters. The van der Waals surface area contributed by atoms with Crippen molar-refractivity contribution in [1.29, 1.82) is 0 Å². The number of hydrogen-bond acceptors (Lipinski definition) is 3. The van der Waals surface area contributed by atoms with E-state index in [9.17, 15) is 9.59 Å². The highest BCUT2D eigenvalue weighted by molar-refractivity contribution is 5.83. The fourth-order valence-corrected chi connectivity index (χ4v) is 3.24. The zero-order valence-electron chi connectivity index (χ0n) is 11.5. The Labute approximate surface area is 118 Å². The van der Waals surface area contributed by atoms with Gasteiger partial charge in [0.2, 0.25) is 0 Å². The molecule has 2 fully saturated rings. The first-order valence-electron chi connectivity index (χ1n) is 7.22. The number of ketones is 1. The summed E-state index contributed by atoms with van der Waals surface area (Å²) in [6, 6.07) is 9.68. The molecular weight excluding hydrogens is 254 g/mol. The smallest absolute Gasteiger partial charge is 0.410 e. The fraction of sp³-hybridized carbons (Fsp3) is 0.500. The van der Waals surface area contributed by atoms with Crippen LogP contribution in [0.3, 0.4) is 0 Å². The number of likely N-dealkylation sites (tertiary alicyclic amines) is 1. The van der Waals surface area contributed by atoms with Gasteiger partial charge in [-0.15, -0.1) is 0 Å². The maximum atomic E-state index is 12.1. The lowest BCUT2D eigenvalue weighted by Gasteiger charge is -2.33. The Morgan fingerprint density at radius 3 is 2.85 bits per heavy atom. The molecule has 3 rings (SSSR count). The van der Waals surface area contributed by atoms with Gasteiger partial charge in [-0.1, -0.05) is 30.3 Å². The Bertz CT molecular complexity index is 500. The van der Waals surface area contributed by atoms with Crippen LogP contribution in [0.15, 0.2) is 30.3 Å². The summed E-state index contributed by atoms with van der Waals surface area (Å²) in [5, 5.41) is 0. The van der Waals surface area contributed by atoms with Gasteiger partial charge < -0.3 is 9.64 Å². The van der Waals surface area contributed by atoms with E-state index < -0.39 is 0 Å². The van der Waals surface area contributed by atoms with Crippen molar-refractivity contribution in [1.82, 2.24) is 4.90 Å². The number of rotatable bonds is 2. The van der Waals surface area contributed by atoms with Gasteiger partial charge in [-0.3, -0.25) is 4.79 Å². The lowest BCUT2D eigenvalue weighted by atomic mass is 9.88. The molecule has 1 amide bonds. The van der Waals surface area contributed by atoms with Crippen LogP contribution in [0.25, 0.3) is 0 Å². The van der Waals surface area contributed by atoms with E-state index in [0.717, 1.165) is 18.4 Å². The van der Waals surface area contributed by atoms with Crippen molar-refractivity contribution in [2.24, 2.45) is 11.8 Å². The Hall–Kier alpha value is -1.84. The summed E-state index contributed by atoms with van der Waals surface area (Å²) in [5.41, 5.74) is 0.992. The van der Waals surface area contributed by atoms with Crippen molar-refractivity contribution >= 4 is 11.9 Å². The molecule has 2 aliphatic rings. The number of carbonyl (C=O) groups is 2. The van der Waals surface area contributed by atoms with Gasteiger partial charge in [0.25, 0.3) is 0 Å². The number of carbonyl (C=O) groups excluding carboxylic acids is 2. The number of nitrogens with zero attached hydrogens (tertiary/aromatic N) is 1. The average Bonchev–Trinajstić information content (AvgIpc) is 2.87. The fourth-order valence-electron chi connectivity index (χ4n) is 3.24. The van der Waals surface area contributed by atoms with Gasteiger partial charge in [-0.25, -0.2) is 4.79 Å². The van der Waals surface area contributed by atoms with Gasteiger partial charge in [0.15, 0.2) is 0 Å². The van der Waals surface area contributed by atoms with Crippen molar-refractivity contribution in [3.63, 3.8) is 0 Å². The molecule has 0 radical (unpaired) electrons. The van der Waals surface area contributed by atoms with Crippen LogP contribution >= 0.6 is 0 Å². The molecule has 1 saturated heterocycles. The van der Waals surface area contributed by atoms with E-state index in [1.807, 2.05) is 30.3 Å². The number of amides is 1. The Balaban J connectivity index is 1.52. The Kier molecular flexibility index (Phi) is 3.72. The highest BCUT2D eigenvalue weighted by Gasteiger charge is 2.40. The van der Waals surface area contributed by atoms with E-state index in [2.05, 4.69) is 0 Å². The average molecular weight is 273 g/mol. The Morgan fingerprint density at radius 1 is 1.25 bits per heavy atom. The predicted octanol–water partition coefficient (Wildman–Crippen LogP) is 2.62. The first-order chi connectivity index (χ1) is 9.74. The van der Waals surface area contributed by atoms with Gasteiger partial charge in [0, 0.05) is 25.4 Å². The lowest BCUT2D eigenvalue weighted by Crippen LogP contribution is -2.43. The molecular formula is C16H19NO3. The van der Waals surface area contributed by atoms with Gasteiger partial charge in [-0.2, -0.15) is 0 Å². The maximum absolute atomic E-state index is 12.1. The third-order valence-electron chi connectivity index (χ3n) is 4.37. The van der Waals surface area contributed by atoms with Crippen LogP contribution in [0.1, 0.15) is 24.8 Å². The van der Waals surface area contributed by atoms with Gasteiger partial charge >= 0.3 is 6.09 Å². The van der Waals surface area contributed by atoms with Gasteiger partial charge in [0.1, 0.15) is 12.4 Å². The summed E-state index contributed by atoms with van der Waals surface area (Å²) in [4.78, 5) is 25.5. The third kappa shape index (κ3) is 2.69. The van der Waals surface area contributed by atoms with Gasteiger partial charge in [-0.05, 0) is 24.3 Å². The van der Waals surface area contributed by atoms with Crippen LogP contribution in [0, 0.1) is 11.8 Å². The van der Waals surface area contributed by atoms with Gasteiger partial charge in [0.05, 0.1) is 0 Å². The lowest BCUT2D eigenvalue weighted by molar-refractivity contribution is -0.122. The highest BCUT2D eigenvalue weighted by Crippen LogP contribution is 2.35. The van der Waals surface area contributed by atoms with Crippen LogP contribution in [-0.4, -0.2) is 29.9 Å². The standard InChI is InChI=1S/C16H19NO3/c18-15-7-6-13-10-17(9-8-14(13)15)16(19)20-11-12-4-2-1-3-5-12/h1-5,13-14H,6-11H2. The van der Waals surface area contributed by atoms with E-state index in [-0.39, 0.29) is 12.0 Å². The molecule has 1 aliphatic carbocycles. The normalized spacial score (nSPS) is 25.4. The summed E-state index contributed by atoms with van der Waals surface area (Å²) < 4.78 is 5.34. The van der Waals surface area contributed by atoms with Crippen molar-refractivity contribution in [3.8, 4) is 0 Å². The molecule has 0 aromatic heterocycles. The first-order valence-corrected chi connectivity index (χ1v) is 7.22. The van der Waals surface area contributed by atoms with E-state index in [0.29, 0.717) is 37.8 Å². The quantitative estimate of drug-likeness (QED) is 0.832. The van der Waals surface area contributed by atoms with E-state index >= 15 is 0 Å². The summed E-state index contributed by atoms with van der Waals surface area (Å²) in [6.07, 6.45) is 2.14. The third-order valence-corrected chi connectivity index (χ3v) is 4.37. The Morgan fingerprint density at radius 2 is 2.05 bits per heavy atom. The molecule has 4 nitrogen and oxygen atoms in total. The summed E-state index contributed by atoms with van der Waals surface area (Å²) >= 11 is 0. The first kappa shape index (κ1) is 13.2. The second kappa shape index (κ2) is 5.65. The summed E-state index contributed by atoms with van der Waals surface area (Å²) in [6.45, 7) is 1.62. The maximum Gasteiger partial charge on any atom is 0.410 e. The topological polar surface area (TPSA) is 46.6 Å².